The lowest BCUT2D eigenvalue weighted by atomic mass is 9.84. The third kappa shape index (κ3) is 4.72. The number of amides is 2. The molecule has 7 heteroatoms. The first-order valence-corrected chi connectivity index (χ1v) is 11.5. The number of hydrogen-bond acceptors (Lipinski definition) is 4. The fraction of sp³-hybridized carbons (Fsp3) is 0.423. The normalized spacial score (nSPS) is 20.3. The zero-order chi connectivity index (χ0) is 23.5. The van der Waals surface area contributed by atoms with Crippen molar-refractivity contribution < 1.29 is 24.2 Å². The maximum atomic E-state index is 12.7. The Kier molecular flexibility index (Phi) is 6.67. The number of aliphatic carboxylic acids is 1. The summed E-state index contributed by atoms with van der Waals surface area (Å²) < 4.78 is 5.63. The van der Waals surface area contributed by atoms with Gasteiger partial charge in [0, 0.05) is 24.9 Å². The van der Waals surface area contributed by atoms with Crippen LogP contribution in [0, 0.1) is 5.92 Å². The summed E-state index contributed by atoms with van der Waals surface area (Å²) in [5.74, 6) is -1.53. The molecule has 2 amide bonds. The molecule has 4 rings (SSSR count). The Bertz CT molecular complexity index is 1010. The van der Waals surface area contributed by atoms with Gasteiger partial charge >= 0.3 is 12.1 Å². The number of carbonyl (C=O) groups is 3. The van der Waals surface area contributed by atoms with Crippen LogP contribution in [0.5, 0.6) is 0 Å². The highest BCUT2D eigenvalue weighted by Gasteiger charge is 2.34. The van der Waals surface area contributed by atoms with Crippen LogP contribution in [0.15, 0.2) is 48.5 Å². The van der Waals surface area contributed by atoms with E-state index in [9.17, 15) is 19.5 Å². The van der Waals surface area contributed by atoms with Crippen molar-refractivity contribution in [2.24, 2.45) is 5.92 Å². The lowest BCUT2D eigenvalue weighted by Crippen LogP contribution is -2.47. The molecule has 2 N–H and O–H groups in total. The van der Waals surface area contributed by atoms with Crippen molar-refractivity contribution in [1.29, 1.82) is 0 Å². The minimum absolute atomic E-state index is 0.00464. The van der Waals surface area contributed by atoms with Crippen molar-refractivity contribution in [2.45, 2.75) is 50.6 Å². The Hall–Kier alpha value is -3.35. The van der Waals surface area contributed by atoms with Crippen LogP contribution in [-0.2, 0) is 14.3 Å². The van der Waals surface area contributed by atoms with Crippen LogP contribution in [0.25, 0.3) is 11.1 Å². The lowest BCUT2D eigenvalue weighted by molar-refractivity contribution is -0.150. The Morgan fingerprint density at radius 2 is 1.67 bits per heavy atom. The first kappa shape index (κ1) is 22.8. The molecule has 1 saturated carbocycles. The number of likely N-dealkylation sites (N-methyl/N-ethyl adjacent to an activating group) is 1. The van der Waals surface area contributed by atoms with Gasteiger partial charge in [-0.3, -0.25) is 4.79 Å². The first-order valence-electron chi connectivity index (χ1n) is 11.5. The van der Waals surface area contributed by atoms with Gasteiger partial charge in [0.25, 0.3) is 0 Å². The van der Waals surface area contributed by atoms with E-state index in [1.54, 1.807) is 0 Å². The third-order valence-corrected chi connectivity index (χ3v) is 6.98. The lowest BCUT2D eigenvalue weighted by Gasteiger charge is -2.32. The number of fused-ring (bicyclic) bond motifs is 3. The molecular weight excluding hydrogens is 420 g/mol. The van der Waals surface area contributed by atoms with Gasteiger partial charge in [0.2, 0.25) is 5.91 Å². The standard InChI is InChI=1S/C26H30N2O5/c1-16(25(30)31)28(2)24(29)17-8-7-9-18(14-17)27-26(32)33-15-23-21-12-5-3-10-19(21)20-11-4-6-13-22(20)23/h3-6,10-13,16-18,23H,7-9,14-15H2,1-2H3,(H,27,32)(H,30,31)/t16-,17+,18+/m0/s1. The minimum Gasteiger partial charge on any atom is -0.480 e. The molecular formula is C26H30N2O5. The number of nitrogens with zero attached hydrogens (tertiary/aromatic N) is 1. The van der Waals surface area contributed by atoms with Gasteiger partial charge in [-0.25, -0.2) is 9.59 Å². The number of carboxylic acid groups (broad SMARTS) is 1. The van der Waals surface area contributed by atoms with E-state index in [2.05, 4.69) is 29.6 Å². The number of benzene rings is 2. The van der Waals surface area contributed by atoms with Gasteiger partial charge < -0.3 is 20.1 Å². The Morgan fingerprint density at radius 3 is 2.27 bits per heavy atom. The second-order valence-electron chi connectivity index (χ2n) is 8.99. The van der Waals surface area contributed by atoms with Crippen LogP contribution < -0.4 is 5.32 Å². The molecule has 0 bridgehead atoms. The molecule has 0 saturated heterocycles. The first-order chi connectivity index (χ1) is 15.9. The van der Waals surface area contributed by atoms with E-state index < -0.39 is 18.1 Å². The number of carbonyl (C=O) groups excluding carboxylic acids is 2. The van der Waals surface area contributed by atoms with E-state index in [4.69, 9.17) is 4.74 Å². The Morgan fingerprint density at radius 1 is 1.06 bits per heavy atom. The van der Waals surface area contributed by atoms with Gasteiger partial charge in [-0.05, 0) is 48.4 Å². The average molecular weight is 451 g/mol. The van der Waals surface area contributed by atoms with Crippen molar-refractivity contribution in [3.05, 3.63) is 59.7 Å². The summed E-state index contributed by atoms with van der Waals surface area (Å²) in [6.45, 7) is 1.74. The number of alkyl carbamates (subject to hydrolysis) is 1. The van der Waals surface area contributed by atoms with Crippen molar-refractivity contribution in [1.82, 2.24) is 10.2 Å². The molecule has 2 aromatic carbocycles. The second kappa shape index (κ2) is 9.65. The van der Waals surface area contributed by atoms with Crippen LogP contribution in [0.3, 0.4) is 0 Å². The molecule has 3 atom stereocenters. The summed E-state index contributed by atoms with van der Waals surface area (Å²) in [6, 6.07) is 15.3. The number of rotatable bonds is 6. The molecule has 0 heterocycles. The maximum Gasteiger partial charge on any atom is 0.407 e. The highest BCUT2D eigenvalue weighted by Crippen LogP contribution is 2.44. The zero-order valence-corrected chi connectivity index (χ0v) is 19.0. The smallest absolute Gasteiger partial charge is 0.407 e. The fourth-order valence-electron chi connectivity index (χ4n) is 5.00. The number of hydrogen-bond donors (Lipinski definition) is 2. The molecule has 0 unspecified atom stereocenters. The average Bonchev–Trinajstić information content (AvgIpc) is 3.15. The topological polar surface area (TPSA) is 95.9 Å². The zero-order valence-electron chi connectivity index (χ0n) is 19.0. The van der Waals surface area contributed by atoms with Gasteiger partial charge in [0.05, 0.1) is 0 Å². The number of carboxylic acids is 1. The summed E-state index contributed by atoms with van der Waals surface area (Å²) in [6.07, 6.45) is 2.26. The highest BCUT2D eigenvalue weighted by atomic mass is 16.5. The molecule has 2 aliphatic carbocycles. The van der Waals surface area contributed by atoms with Gasteiger partial charge in [-0.15, -0.1) is 0 Å². The molecule has 2 aromatic rings. The largest absolute Gasteiger partial charge is 0.480 e. The monoisotopic (exact) mass is 450 g/mol. The molecule has 33 heavy (non-hydrogen) atoms. The summed E-state index contributed by atoms with van der Waals surface area (Å²) >= 11 is 0. The summed E-state index contributed by atoms with van der Waals surface area (Å²) in [4.78, 5) is 37.8. The molecule has 1 fully saturated rings. The van der Waals surface area contributed by atoms with Gasteiger partial charge in [-0.1, -0.05) is 55.0 Å². The van der Waals surface area contributed by atoms with Crippen LogP contribution in [0.2, 0.25) is 0 Å². The summed E-state index contributed by atoms with van der Waals surface area (Å²) in [5.41, 5.74) is 4.67. The van der Waals surface area contributed by atoms with Crippen LogP contribution in [0.1, 0.15) is 49.7 Å². The van der Waals surface area contributed by atoms with Crippen molar-refractivity contribution in [3.63, 3.8) is 0 Å². The molecule has 7 nitrogen and oxygen atoms in total. The molecule has 0 spiro atoms. The minimum atomic E-state index is -1.03. The molecule has 2 aliphatic rings. The summed E-state index contributed by atoms with van der Waals surface area (Å²) in [5, 5.41) is 12.1. The van der Waals surface area contributed by atoms with Crippen molar-refractivity contribution >= 4 is 18.0 Å². The van der Waals surface area contributed by atoms with E-state index in [-0.39, 0.29) is 30.4 Å². The molecule has 174 valence electrons. The number of nitrogens with one attached hydrogen (secondary N) is 1. The second-order valence-corrected chi connectivity index (χ2v) is 8.99. The predicted molar refractivity (Wildman–Crippen MR) is 124 cm³/mol. The SMILES string of the molecule is C[C@@H](C(=O)O)N(C)C(=O)[C@@H]1CCC[C@@H](NC(=O)OCC2c3ccccc3-c3ccccc32)C1. The molecule has 0 aromatic heterocycles. The van der Waals surface area contributed by atoms with E-state index in [1.165, 1.54) is 30.0 Å². The quantitative estimate of drug-likeness (QED) is 0.693. The van der Waals surface area contributed by atoms with E-state index in [0.717, 1.165) is 24.0 Å². The van der Waals surface area contributed by atoms with Crippen LogP contribution in [0.4, 0.5) is 4.79 Å². The third-order valence-electron chi connectivity index (χ3n) is 6.98. The summed E-state index contributed by atoms with van der Waals surface area (Å²) in [7, 11) is 1.52. The highest BCUT2D eigenvalue weighted by molar-refractivity contribution is 5.85. The maximum absolute atomic E-state index is 12.7. The van der Waals surface area contributed by atoms with Gasteiger partial charge in [-0.2, -0.15) is 0 Å². The van der Waals surface area contributed by atoms with Crippen molar-refractivity contribution in [2.75, 3.05) is 13.7 Å². The van der Waals surface area contributed by atoms with E-state index in [0.29, 0.717) is 12.8 Å². The van der Waals surface area contributed by atoms with Gasteiger partial charge in [0.1, 0.15) is 12.6 Å². The molecule has 0 aliphatic heterocycles. The van der Waals surface area contributed by atoms with Crippen LogP contribution in [-0.4, -0.2) is 53.7 Å². The molecule has 0 radical (unpaired) electrons. The predicted octanol–water partition coefficient (Wildman–Crippen LogP) is 4.02. The van der Waals surface area contributed by atoms with Gasteiger partial charge in [0.15, 0.2) is 0 Å². The van der Waals surface area contributed by atoms with Crippen molar-refractivity contribution in [3.8, 4) is 11.1 Å². The Labute approximate surface area is 193 Å². The number of ether oxygens (including phenoxy) is 1. The van der Waals surface area contributed by atoms with Crippen LogP contribution >= 0.6 is 0 Å². The Balaban J connectivity index is 1.34. The van der Waals surface area contributed by atoms with E-state index >= 15 is 0 Å². The fourth-order valence-corrected chi connectivity index (χ4v) is 5.00. The van der Waals surface area contributed by atoms with E-state index in [1.807, 2.05) is 24.3 Å².